The van der Waals surface area contributed by atoms with Crippen molar-refractivity contribution in [3.63, 3.8) is 0 Å². The molecule has 1 saturated heterocycles. The topological polar surface area (TPSA) is 81.2 Å². The number of anilines is 2. The Morgan fingerprint density at radius 1 is 1.26 bits per heavy atom. The van der Waals surface area contributed by atoms with Crippen molar-refractivity contribution in [1.82, 2.24) is 9.97 Å². The molecule has 0 aliphatic carbocycles. The monoisotopic (exact) mass is 448 g/mol. The van der Waals surface area contributed by atoms with Gasteiger partial charge in [0.1, 0.15) is 5.82 Å². The van der Waals surface area contributed by atoms with Gasteiger partial charge in [0.25, 0.3) is 5.91 Å². The summed E-state index contributed by atoms with van der Waals surface area (Å²) >= 11 is -0.210. The van der Waals surface area contributed by atoms with Crippen LogP contribution in [0.2, 0.25) is 0 Å². The lowest BCUT2D eigenvalue weighted by Crippen LogP contribution is -2.23. The Kier molecular flexibility index (Phi) is 5.92. The number of halogens is 3. The molecule has 4 rings (SSSR count). The number of hydrogen-bond acceptors (Lipinski definition) is 5. The highest BCUT2D eigenvalue weighted by Gasteiger charge is 2.29. The number of H-pyrrole nitrogens is 1. The van der Waals surface area contributed by atoms with E-state index in [1.807, 2.05) is 17.0 Å². The highest BCUT2D eigenvalue weighted by atomic mass is 32.2. The predicted molar refractivity (Wildman–Crippen MR) is 113 cm³/mol. The minimum Gasteiger partial charge on any atom is -0.391 e. The van der Waals surface area contributed by atoms with Crippen molar-refractivity contribution >= 4 is 29.2 Å². The Labute approximate surface area is 180 Å². The second-order valence-corrected chi connectivity index (χ2v) is 8.23. The van der Waals surface area contributed by atoms with Crippen LogP contribution in [0.25, 0.3) is 11.3 Å². The molecule has 1 atom stereocenters. The molecule has 3 heterocycles. The first-order chi connectivity index (χ1) is 14.8. The number of aliphatic hydroxyl groups is 1. The number of aliphatic hydroxyl groups excluding tert-OH is 1. The summed E-state index contributed by atoms with van der Waals surface area (Å²) in [6.45, 7) is 1.13. The van der Waals surface area contributed by atoms with E-state index in [1.54, 1.807) is 12.3 Å². The lowest BCUT2D eigenvalue weighted by molar-refractivity contribution is -0.0328. The van der Waals surface area contributed by atoms with Gasteiger partial charge in [0.15, 0.2) is 0 Å². The van der Waals surface area contributed by atoms with Gasteiger partial charge in [0.2, 0.25) is 0 Å². The summed E-state index contributed by atoms with van der Waals surface area (Å²) in [4.78, 5) is 22.3. The van der Waals surface area contributed by atoms with E-state index in [-0.39, 0.29) is 16.7 Å². The van der Waals surface area contributed by atoms with Crippen LogP contribution in [-0.4, -0.2) is 45.7 Å². The zero-order valence-corrected chi connectivity index (χ0v) is 17.0. The van der Waals surface area contributed by atoms with E-state index in [1.165, 1.54) is 30.5 Å². The van der Waals surface area contributed by atoms with E-state index < -0.39 is 17.5 Å². The van der Waals surface area contributed by atoms with Crippen LogP contribution in [-0.2, 0) is 0 Å². The lowest BCUT2D eigenvalue weighted by Gasteiger charge is -2.20. The molecule has 162 valence electrons. The number of rotatable bonds is 5. The molecule has 3 N–H and O–H groups in total. The Hall–Kier alpha value is -2.98. The van der Waals surface area contributed by atoms with Crippen LogP contribution < -0.4 is 10.2 Å². The van der Waals surface area contributed by atoms with Gasteiger partial charge < -0.3 is 20.3 Å². The average Bonchev–Trinajstić information content (AvgIpc) is 3.40. The standard InChI is InChI=1S/C21H19F3N4O2S/c22-21(23,24)31-16-5-3-14(4-6-16)27-20(30)13-10-17(18-2-1-8-25-18)19(26-11-13)28-9-7-15(29)12-28/h1-6,8,10-11,15,25,29H,7,9,12H2,(H,27,30). The molecule has 6 nitrogen and oxygen atoms in total. The number of nitrogens with zero attached hydrogens (tertiary/aromatic N) is 2. The predicted octanol–water partition coefficient (Wildman–Crippen LogP) is 4.51. The first kappa shape index (κ1) is 21.3. The molecule has 0 spiro atoms. The highest BCUT2D eigenvalue weighted by molar-refractivity contribution is 8.00. The molecule has 1 amide bonds. The molecule has 1 unspecified atom stereocenters. The molecule has 0 radical (unpaired) electrons. The third kappa shape index (κ3) is 5.20. The number of alkyl halides is 3. The second-order valence-electron chi connectivity index (χ2n) is 7.09. The molecule has 3 aromatic rings. The SMILES string of the molecule is O=C(Nc1ccc(SC(F)(F)F)cc1)c1cnc(N2CCC(O)C2)c(-c2ccc[nH]2)c1. The van der Waals surface area contributed by atoms with Crippen molar-refractivity contribution in [2.75, 3.05) is 23.3 Å². The third-order valence-electron chi connectivity index (χ3n) is 4.83. The number of hydrogen-bond donors (Lipinski definition) is 3. The quantitative estimate of drug-likeness (QED) is 0.501. The van der Waals surface area contributed by atoms with Gasteiger partial charge >= 0.3 is 5.51 Å². The highest BCUT2D eigenvalue weighted by Crippen LogP contribution is 2.37. The number of carbonyl (C=O) groups is 1. The van der Waals surface area contributed by atoms with E-state index in [0.29, 0.717) is 36.6 Å². The normalized spacial score (nSPS) is 16.5. The Morgan fingerprint density at radius 3 is 2.65 bits per heavy atom. The van der Waals surface area contributed by atoms with Gasteiger partial charge in [-0.1, -0.05) is 0 Å². The fourth-order valence-electron chi connectivity index (χ4n) is 3.41. The van der Waals surface area contributed by atoms with E-state index in [9.17, 15) is 23.1 Å². The van der Waals surface area contributed by atoms with Gasteiger partial charge in [0.05, 0.1) is 11.7 Å². The molecule has 1 aliphatic heterocycles. The largest absolute Gasteiger partial charge is 0.446 e. The summed E-state index contributed by atoms with van der Waals surface area (Å²) in [6, 6.07) is 10.9. The van der Waals surface area contributed by atoms with Crippen LogP contribution in [0.15, 0.2) is 59.8 Å². The summed E-state index contributed by atoms with van der Waals surface area (Å²) in [5, 5.41) is 12.5. The average molecular weight is 448 g/mol. The van der Waals surface area contributed by atoms with Crippen molar-refractivity contribution in [2.45, 2.75) is 22.9 Å². The number of pyridine rings is 1. The zero-order chi connectivity index (χ0) is 22.0. The summed E-state index contributed by atoms with van der Waals surface area (Å²) < 4.78 is 37.4. The fraction of sp³-hybridized carbons (Fsp3) is 0.238. The van der Waals surface area contributed by atoms with Gasteiger partial charge in [-0.25, -0.2) is 4.98 Å². The molecule has 10 heteroatoms. The molecule has 0 bridgehead atoms. The number of β-amino-alcohol motifs (C(OH)–C–C–N with tert-alkyl or cyclic N) is 1. The van der Waals surface area contributed by atoms with Crippen molar-refractivity contribution in [2.24, 2.45) is 0 Å². The first-order valence-electron chi connectivity index (χ1n) is 9.52. The lowest BCUT2D eigenvalue weighted by atomic mass is 10.1. The number of nitrogens with one attached hydrogen (secondary N) is 2. The van der Waals surface area contributed by atoms with Crippen molar-refractivity contribution < 1.29 is 23.1 Å². The Morgan fingerprint density at radius 2 is 2.03 bits per heavy atom. The van der Waals surface area contributed by atoms with Gasteiger partial charge in [-0.3, -0.25) is 4.79 Å². The number of aromatic amines is 1. The minimum absolute atomic E-state index is 0.0401. The van der Waals surface area contributed by atoms with Gasteiger partial charge in [-0.15, -0.1) is 0 Å². The van der Waals surface area contributed by atoms with Crippen LogP contribution >= 0.6 is 11.8 Å². The van der Waals surface area contributed by atoms with Crippen LogP contribution in [0.5, 0.6) is 0 Å². The third-order valence-corrected chi connectivity index (χ3v) is 5.56. The Bertz CT molecular complexity index is 1060. The number of amides is 1. The van der Waals surface area contributed by atoms with Crippen LogP contribution in [0.3, 0.4) is 0 Å². The summed E-state index contributed by atoms with van der Waals surface area (Å²) in [7, 11) is 0. The Balaban J connectivity index is 1.55. The van der Waals surface area contributed by atoms with E-state index in [0.717, 1.165) is 11.3 Å². The number of benzene rings is 1. The molecule has 31 heavy (non-hydrogen) atoms. The number of aromatic nitrogens is 2. The van der Waals surface area contributed by atoms with E-state index in [2.05, 4.69) is 15.3 Å². The maximum atomic E-state index is 12.7. The second kappa shape index (κ2) is 8.64. The molecule has 1 aliphatic rings. The summed E-state index contributed by atoms with van der Waals surface area (Å²) in [5.74, 6) is 0.244. The van der Waals surface area contributed by atoms with Crippen molar-refractivity contribution in [3.8, 4) is 11.3 Å². The van der Waals surface area contributed by atoms with E-state index >= 15 is 0 Å². The van der Waals surface area contributed by atoms with Crippen molar-refractivity contribution in [3.05, 3.63) is 60.4 Å². The van der Waals surface area contributed by atoms with Crippen LogP contribution in [0, 0.1) is 0 Å². The van der Waals surface area contributed by atoms with Gasteiger partial charge in [0, 0.05) is 47.3 Å². The van der Waals surface area contributed by atoms with Crippen LogP contribution in [0.1, 0.15) is 16.8 Å². The van der Waals surface area contributed by atoms with Crippen molar-refractivity contribution in [1.29, 1.82) is 0 Å². The molecule has 1 aromatic carbocycles. The van der Waals surface area contributed by atoms with Crippen LogP contribution in [0.4, 0.5) is 24.7 Å². The summed E-state index contributed by atoms with van der Waals surface area (Å²) in [6.07, 6.45) is 3.46. The smallest absolute Gasteiger partial charge is 0.391 e. The number of thioether (sulfide) groups is 1. The molecular formula is C21H19F3N4O2S. The molecule has 0 saturated carbocycles. The van der Waals surface area contributed by atoms with E-state index in [4.69, 9.17) is 0 Å². The zero-order valence-electron chi connectivity index (χ0n) is 16.2. The molecule has 2 aromatic heterocycles. The molecular weight excluding hydrogens is 429 g/mol. The maximum Gasteiger partial charge on any atom is 0.446 e. The fourth-order valence-corrected chi connectivity index (χ4v) is 3.95. The number of carbonyl (C=O) groups excluding carboxylic acids is 1. The summed E-state index contributed by atoms with van der Waals surface area (Å²) in [5.41, 5.74) is -2.17. The molecule has 1 fully saturated rings. The van der Waals surface area contributed by atoms with Gasteiger partial charge in [-0.05, 0) is 60.6 Å². The maximum absolute atomic E-state index is 12.7. The minimum atomic E-state index is -4.36. The first-order valence-corrected chi connectivity index (χ1v) is 10.3. The van der Waals surface area contributed by atoms with Gasteiger partial charge in [-0.2, -0.15) is 13.2 Å².